The van der Waals surface area contributed by atoms with E-state index in [4.69, 9.17) is 4.98 Å². The monoisotopic (exact) mass is 306 g/mol. The number of aryl methyl sites for hydroxylation is 2. The van der Waals surface area contributed by atoms with Gasteiger partial charge in [0.15, 0.2) is 0 Å². The Labute approximate surface area is 137 Å². The van der Waals surface area contributed by atoms with Gasteiger partial charge in [0, 0.05) is 23.2 Å². The Morgan fingerprint density at radius 1 is 1.00 bits per heavy atom. The quantitative estimate of drug-likeness (QED) is 0.755. The van der Waals surface area contributed by atoms with Gasteiger partial charge in [0.05, 0.1) is 17.3 Å². The van der Waals surface area contributed by atoms with Crippen molar-refractivity contribution < 1.29 is 5.11 Å². The fourth-order valence-corrected chi connectivity index (χ4v) is 2.61. The van der Waals surface area contributed by atoms with Crippen LogP contribution in [0.3, 0.4) is 0 Å². The number of benzene rings is 2. The molecule has 3 aromatic rings. The molecule has 0 bridgehead atoms. The molecule has 1 unspecified atom stereocenters. The molecule has 0 fully saturated rings. The summed E-state index contributed by atoms with van der Waals surface area (Å²) in [5, 5.41) is 14.0. The molecule has 2 N–H and O–H groups in total. The van der Waals surface area contributed by atoms with Crippen molar-refractivity contribution in [3.63, 3.8) is 0 Å². The van der Waals surface area contributed by atoms with E-state index in [9.17, 15) is 5.11 Å². The van der Waals surface area contributed by atoms with Gasteiger partial charge in [-0.25, -0.2) is 4.98 Å². The fraction of sp³-hybridized carbons (Fsp3) is 0.250. The molecule has 0 amide bonds. The average molecular weight is 306 g/mol. The van der Waals surface area contributed by atoms with E-state index in [-0.39, 0.29) is 0 Å². The maximum Gasteiger partial charge on any atom is 0.0732 e. The van der Waals surface area contributed by atoms with E-state index in [0.29, 0.717) is 6.54 Å². The van der Waals surface area contributed by atoms with Gasteiger partial charge in [-0.05, 0) is 38.5 Å². The van der Waals surface area contributed by atoms with Gasteiger partial charge in [-0.2, -0.15) is 0 Å². The summed E-state index contributed by atoms with van der Waals surface area (Å²) in [5.74, 6) is 0. The van der Waals surface area contributed by atoms with Crippen molar-refractivity contribution in [3.8, 4) is 11.3 Å². The lowest BCUT2D eigenvalue weighted by atomic mass is 10.1. The Morgan fingerprint density at radius 2 is 1.70 bits per heavy atom. The van der Waals surface area contributed by atoms with Gasteiger partial charge in [-0.15, -0.1) is 0 Å². The van der Waals surface area contributed by atoms with E-state index in [1.165, 1.54) is 11.1 Å². The first-order valence-corrected chi connectivity index (χ1v) is 7.93. The Balaban J connectivity index is 2.12. The molecule has 3 heteroatoms. The van der Waals surface area contributed by atoms with E-state index in [1.54, 1.807) is 6.92 Å². The van der Waals surface area contributed by atoms with E-state index in [0.717, 1.165) is 27.8 Å². The summed E-state index contributed by atoms with van der Waals surface area (Å²) in [6.07, 6.45) is -0.397. The topological polar surface area (TPSA) is 45.1 Å². The van der Waals surface area contributed by atoms with Crippen LogP contribution < -0.4 is 5.32 Å². The van der Waals surface area contributed by atoms with Crippen molar-refractivity contribution in [2.75, 3.05) is 11.9 Å². The number of aliphatic hydroxyl groups is 1. The molecule has 0 saturated heterocycles. The summed E-state index contributed by atoms with van der Waals surface area (Å²) in [7, 11) is 0. The van der Waals surface area contributed by atoms with Gasteiger partial charge in [0.25, 0.3) is 0 Å². The number of aliphatic hydroxyl groups excluding tert-OH is 1. The maximum absolute atomic E-state index is 9.57. The first-order chi connectivity index (χ1) is 11.0. The highest BCUT2D eigenvalue weighted by molar-refractivity contribution is 5.94. The molecule has 3 nitrogen and oxygen atoms in total. The number of nitrogens with one attached hydrogen (secondary N) is 1. The third-order valence-corrected chi connectivity index (χ3v) is 3.90. The molecule has 0 aliphatic heterocycles. The van der Waals surface area contributed by atoms with E-state index >= 15 is 0 Å². The van der Waals surface area contributed by atoms with Crippen molar-refractivity contribution >= 4 is 16.6 Å². The second-order valence-corrected chi connectivity index (χ2v) is 6.17. The highest BCUT2D eigenvalue weighted by atomic mass is 16.3. The highest BCUT2D eigenvalue weighted by Gasteiger charge is 2.08. The second-order valence-electron chi connectivity index (χ2n) is 6.17. The first-order valence-electron chi connectivity index (χ1n) is 7.93. The lowest BCUT2D eigenvalue weighted by Crippen LogP contribution is -2.15. The number of nitrogens with zero attached hydrogens (tertiary/aromatic N) is 1. The normalized spacial score (nSPS) is 12.3. The van der Waals surface area contributed by atoms with Crippen LogP contribution in [0.4, 0.5) is 5.69 Å². The molecule has 0 saturated carbocycles. The van der Waals surface area contributed by atoms with Crippen molar-refractivity contribution in [1.29, 1.82) is 0 Å². The zero-order valence-electron chi connectivity index (χ0n) is 13.8. The highest BCUT2D eigenvalue weighted by Crippen LogP contribution is 2.29. The molecule has 1 heterocycles. The van der Waals surface area contributed by atoms with Crippen molar-refractivity contribution in [1.82, 2.24) is 4.98 Å². The van der Waals surface area contributed by atoms with Gasteiger partial charge in [0.2, 0.25) is 0 Å². The number of pyridine rings is 1. The van der Waals surface area contributed by atoms with Crippen molar-refractivity contribution in [2.24, 2.45) is 0 Å². The average Bonchev–Trinajstić information content (AvgIpc) is 2.52. The van der Waals surface area contributed by atoms with Crippen LogP contribution in [0, 0.1) is 13.8 Å². The molecule has 1 atom stereocenters. The molecule has 0 spiro atoms. The van der Waals surface area contributed by atoms with Crippen LogP contribution in [0.2, 0.25) is 0 Å². The fourth-order valence-electron chi connectivity index (χ4n) is 2.61. The first kappa shape index (κ1) is 15.5. The maximum atomic E-state index is 9.57. The zero-order valence-corrected chi connectivity index (χ0v) is 13.8. The van der Waals surface area contributed by atoms with Gasteiger partial charge >= 0.3 is 0 Å². The number of hydrogen-bond donors (Lipinski definition) is 2. The van der Waals surface area contributed by atoms with Crippen LogP contribution in [0.15, 0.2) is 48.5 Å². The molecule has 23 heavy (non-hydrogen) atoms. The Hall–Kier alpha value is -2.39. The van der Waals surface area contributed by atoms with Crippen molar-refractivity contribution in [2.45, 2.75) is 26.9 Å². The van der Waals surface area contributed by atoms with Crippen LogP contribution in [0.1, 0.15) is 18.1 Å². The summed E-state index contributed by atoms with van der Waals surface area (Å²) >= 11 is 0. The smallest absolute Gasteiger partial charge is 0.0732 e. The molecular formula is C20H22N2O. The summed E-state index contributed by atoms with van der Waals surface area (Å²) in [6, 6.07) is 16.7. The molecule has 0 aliphatic rings. The van der Waals surface area contributed by atoms with Crippen molar-refractivity contribution in [3.05, 3.63) is 59.7 Å². The van der Waals surface area contributed by atoms with Gasteiger partial charge in [-0.3, -0.25) is 0 Å². The van der Waals surface area contributed by atoms with E-state index < -0.39 is 6.10 Å². The molecule has 118 valence electrons. The van der Waals surface area contributed by atoms with Crippen LogP contribution in [0.5, 0.6) is 0 Å². The van der Waals surface area contributed by atoms with Gasteiger partial charge < -0.3 is 10.4 Å². The third-order valence-electron chi connectivity index (χ3n) is 3.90. The number of fused-ring (bicyclic) bond motifs is 1. The predicted octanol–water partition coefficient (Wildman–Crippen LogP) is 4.31. The standard InChI is InChI=1S/C20H22N2O/c1-13-4-7-16(8-5-13)18-11-19(21-12-15(3)23)17-9-6-14(2)10-20(17)22-18/h4-11,15,23H,12H2,1-3H3,(H,21,22). The molecule has 3 rings (SSSR count). The minimum absolute atomic E-state index is 0.397. The third kappa shape index (κ3) is 3.51. The summed E-state index contributed by atoms with van der Waals surface area (Å²) in [5.41, 5.74) is 6.43. The van der Waals surface area contributed by atoms with Gasteiger partial charge in [0.1, 0.15) is 0 Å². The number of anilines is 1. The Bertz CT molecular complexity index is 823. The van der Waals surface area contributed by atoms with Crippen LogP contribution in [-0.4, -0.2) is 22.7 Å². The molecule has 2 aromatic carbocycles. The summed E-state index contributed by atoms with van der Waals surface area (Å²) < 4.78 is 0. The van der Waals surface area contributed by atoms with Crippen LogP contribution >= 0.6 is 0 Å². The summed E-state index contributed by atoms with van der Waals surface area (Å²) in [6.45, 7) is 6.45. The number of rotatable bonds is 4. The van der Waals surface area contributed by atoms with Crippen LogP contribution in [0.25, 0.3) is 22.2 Å². The lowest BCUT2D eigenvalue weighted by Gasteiger charge is -2.14. The molecule has 0 radical (unpaired) electrons. The van der Waals surface area contributed by atoms with Crippen LogP contribution in [-0.2, 0) is 0 Å². The number of hydrogen-bond acceptors (Lipinski definition) is 3. The minimum Gasteiger partial charge on any atom is -0.392 e. The van der Waals surface area contributed by atoms with E-state index in [2.05, 4.69) is 67.7 Å². The molecule has 0 aliphatic carbocycles. The van der Waals surface area contributed by atoms with E-state index in [1.807, 2.05) is 0 Å². The Kier molecular flexibility index (Phi) is 4.30. The SMILES string of the molecule is Cc1ccc(-c2cc(NCC(C)O)c3ccc(C)cc3n2)cc1. The largest absolute Gasteiger partial charge is 0.392 e. The lowest BCUT2D eigenvalue weighted by molar-refractivity contribution is 0.208. The minimum atomic E-state index is -0.397. The molecular weight excluding hydrogens is 284 g/mol. The number of aromatic nitrogens is 1. The van der Waals surface area contributed by atoms with Gasteiger partial charge in [-0.1, -0.05) is 42.0 Å². The Morgan fingerprint density at radius 3 is 2.39 bits per heavy atom. The predicted molar refractivity (Wildman–Crippen MR) is 96.8 cm³/mol. The molecule has 1 aromatic heterocycles. The zero-order chi connectivity index (χ0) is 16.4. The summed E-state index contributed by atoms with van der Waals surface area (Å²) in [4.78, 5) is 4.82. The second kappa shape index (κ2) is 6.39.